The second kappa shape index (κ2) is 5.03. The fourth-order valence-corrected chi connectivity index (χ4v) is 1.93. The smallest absolute Gasteiger partial charge is 0.323 e. The standard InChI is InChI=1S/C12H16N2O3/c15-11(16)8-14-6-2-5-10(14)12(17)13-7-9-3-1-4-9/h2,5-6,9H,1,3-4,7-8H2,(H,13,17)(H,15,16). The number of aromatic nitrogens is 1. The maximum Gasteiger partial charge on any atom is 0.323 e. The first kappa shape index (κ1) is 11.7. The van der Waals surface area contributed by atoms with Gasteiger partial charge in [0.15, 0.2) is 0 Å². The lowest BCUT2D eigenvalue weighted by Gasteiger charge is -2.25. The molecule has 0 radical (unpaired) electrons. The first-order valence-corrected chi connectivity index (χ1v) is 5.82. The van der Waals surface area contributed by atoms with Crippen LogP contribution >= 0.6 is 0 Å². The van der Waals surface area contributed by atoms with Gasteiger partial charge in [0.25, 0.3) is 5.91 Å². The highest BCUT2D eigenvalue weighted by Gasteiger charge is 2.19. The maximum absolute atomic E-state index is 11.8. The molecular formula is C12H16N2O3. The topological polar surface area (TPSA) is 71.3 Å². The van der Waals surface area contributed by atoms with Crippen molar-refractivity contribution >= 4 is 11.9 Å². The molecule has 1 heterocycles. The van der Waals surface area contributed by atoms with Crippen LogP contribution in [0.25, 0.3) is 0 Å². The lowest BCUT2D eigenvalue weighted by molar-refractivity contribution is -0.137. The highest BCUT2D eigenvalue weighted by atomic mass is 16.4. The van der Waals surface area contributed by atoms with Crippen molar-refractivity contribution in [2.24, 2.45) is 5.92 Å². The Kier molecular flexibility index (Phi) is 3.46. The Hall–Kier alpha value is -1.78. The van der Waals surface area contributed by atoms with Crippen LogP contribution < -0.4 is 5.32 Å². The molecular weight excluding hydrogens is 220 g/mol. The molecule has 1 saturated carbocycles. The number of carbonyl (C=O) groups is 2. The van der Waals surface area contributed by atoms with E-state index in [-0.39, 0.29) is 12.5 Å². The molecule has 1 aromatic rings. The summed E-state index contributed by atoms with van der Waals surface area (Å²) in [5, 5.41) is 11.6. The van der Waals surface area contributed by atoms with Crippen LogP contribution in [0, 0.1) is 5.92 Å². The summed E-state index contributed by atoms with van der Waals surface area (Å²) in [6, 6.07) is 3.32. The summed E-state index contributed by atoms with van der Waals surface area (Å²) in [7, 11) is 0. The van der Waals surface area contributed by atoms with Crippen molar-refractivity contribution in [3.63, 3.8) is 0 Å². The maximum atomic E-state index is 11.8. The number of nitrogens with one attached hydrogen (secondary N) is 1. The van der Waals surface area contributed by atoms with Crippen molar-refractivity contribution in [2.45, 2.75) is 25.8 Å². The van der Waals surface area contributed by atoms with Gasteiger partial charge in [0.1, 0.15) is 12.2 Å². The Morgan fingerprint density at radius 3 is 2.82 bits per heavy atom. The Bertz CT molecular complexity index is 421. The van der Waals surface area contributed by atoms with Gasteiger partial charge < -0.3 is 15.0 Å². The molecule has 0 bridgehead atoms. The Labute approximate surface area is 99.4 Å². The summed E-state index contributed by atoms with van der Waals surface area (Å²) in [4.78, 5) is 22.4. The van der Waals surface area contributed by atoms with Crippen LogP contribution in [0.2, 0.25) is 0 Å². The summed E-state index contributed by atoms with van der Waals surface area (Å²) in [5.41, 5.74) is 0.409. The molecule has 1 amide bonds. The van der Waals surface area contributed by atoms with Crippen LogP contribution in [-0.4, -0.2) is 28.1 Å². The monoisotopic (exact) mass is 236 g/mol. The molecule has 0 saturated heterocycles. The number of hydrogen-bond donors (Lipinski definition) is 2. The minimum Gasteiger partial charge on any atom is -0.480 e. The fourth-order valence-electron chi connectivity index (χ4n) is 1.93. The average molecular weight is 236 g/mol. The second-order valence-corrected chi connectivity index (χ2v) is 4.42. The van der Waals surface area contributed by atoms with Gasteiger partial charge in [-0.1, -0.05) is 6.42 Å². The van der Waals surface area contributed by atoms with Gasteiger partial charge in [-0.05, 0) is 30.9 Å². The molecule has 5 heteroatoms. The number of nitrogens with zero attached hydrogens (tertiary/aromatic N) is 1. The fraction of sp³-hybridized carbons (Fsp3) is 0.500. The first-order valence-electron chi connectivity index (χ1n) is 5.82. The number of aliphatic carboxylic acids is 1. The summed E-state index contributed by atoms with van der Waals surface area (Å²) in [5.74, 6) is -0.542. The molecule has 1 aliphatic carbocycles. The molecule has 17 heavy (non-hydrogen) atoms. The van der Waals surface area contributed by atoms with E-state index in [1.807, 2.05) is 0 Å². The zero-order valence-electron chi connectivity index (χ0n) is 9.56. The van der Waals surface area contributed by atoms with Crippen LogP contribution in [0.5, 0.6) is 0 Å². The SMILES string of the molecule is O=C(O)Cn1cccc1C(=O)NCC1CCC1. The van der Waals surface area contributed by atoms with E-state index in [9.17, 15) is 9.59 Å². The number of rotatable bonds is 5. The Balaban J connectivity index is 1.93. The normalized spacial score (nSPS) is 15.3. The highest BCUT2D eigenvalue weighted by Crippen LogP contribution is 2.25. The van der Waals surface area contributed by atoms with Crippen LogP contribution in [0.1, 0.15) is 29.8 Å². The summed E-state index contributed by atoms with van der Waals surface area (Å²) in [6.07, 6.45) is 5.20. The highest BCUT2D eigenvalue weighted by molar-refractivity contribution is 5.93. The van der Waals surface area contributed by atoms with Gasteiger partial charge in [-0.15, -0.1) is 0 Å². The van der Waals surface area contributed by atoms with Crippen molar-refractivity contribution in [1.29, 1.82) is 0 Å². The van der Waals surface area contributed by atoms with Gasteiger partial charge >= 0.3 is 5.97 Å². The number of carboxylic acid groups (broad SMARTS) is 1. The van der Waals surface area contributed by atoms with E-state index in [1.165, 1.54) is 23.8 Å². The Morgan fingerprint density at radius 2 is 2.24 bits per heavy atom. The van der Waals surface area contributed by atoms with Crippen molar-refractivity contribution < 1.29 is 14.7 Å². The molecule has 0 aromatic carbocycles. The molecule has 5 nitrogen and oxygen atoms in total. The van der Waals surface area contributed by atoms with E-state index in [0.29, 0.717) is 18.2 Å². The van der Waals surface area contributed by atoms with Crippen LogP contribution in [0.4, 0.5) is 0 Å². The molecule has 1 aliphatic rings. The van der Waals surface area contributed by atoms with Gasteiger partial charge in [-0.2, -0.15) is 0 Å². The van der Waals surface area contributed by atoms with Crippen molar-refractivity contribution in [2.75, 3.05) is 6.54 Å². The lowest BCUT2D eigenvalue weighted by Crippen LogP contribution is -2.33. The molecule has 2 N–H and O–H groups in total. The van der Waals surface area contributed by atoms with Crippen LogP contribution in [-0.2, 0) is 11.3 Å². The Morgan fingerprint density at radius 1 is 1.47 bits per heavy atom. The first-order chi connectivity index (χ1) is 8.16. The zero-order valence-corrected chi connectivity index (χ0v) is 9.56. The number of carboxylic acids is 1. The summed E-state index contributed by atoms with van der Waals surface area (Å²) < 4.78 is 1.44. The molecule has 0 atom stereocenters. The second-order valence-electron chi connectivity index (χ2n) is 4.42. The van der Waals surface area contributed by atoms with E-state index in [0.717, 1.165) is 0 Å². The van der Waals surface area contributed by atoms with E-state index < -0.39 is 5.97 Å². The summed E-state index contributed by atoms with van der Waals surface area (Å²) >= 11 is 0. The largest absolute Gasteiger partial charge is 0.480 e. The predicted octanol–water partition coefficient (Wildman–Crippen LogP) is 1.10. The van der Waals surface area contributed by atoms with Gasteiger partial charge in [0, 0.05) is 12.7 Å². The van der Waals surface area contributed by atoms with E-state index in [2.05, 4.69) is 5.32 Å². The molecule has 0 aliphatic heterocycles. The van der Waals surface area contributed by atoms with E-state index in [4.69, 9.17) is 5.11 Å². The molecule has 92 valence electrons. The number of hydrogen-bond acceptors (Lipinski definition) is 2. The van der Waals surface area contributed by atoms with E-state index >= 15 is 0 Å². The molecule has 0 spiro atoms. The minimum absolute atomic E-state index is 0.181. The quantitative estimate of drug-likeness (QED) is 0.804. The number of carbonyl (C=O) groups excluding carboxylic acids is 1. The minimum atomic E-state index is -0.950. The predicted molar refractivity (Wildman–Crippen MR) is 61.7 cm³/mol. The van der Waals surface area contributed by atoms with Gasteiger partial charge in [-0.25, -0.2) is 0 Å². The molecule has 2 rings (SSSR count). The molecule has 1 aromatic heterocycles. The molecule has 0 unspecified atom stereocenters. The van der Waals surface area contributed by atoms with Crippen molar-refractivity contribution in [1.82, 2.24) is 9.88 Å². The zero-order chi connectivity index (χ0) is 12.3. The summed E-state index contributed by atoms with van der Waals surface area (Å²) in [6.45, 7) is 0.510. The third-order valence-electron chi connectivity index (χ3n) is 3.14. The van der Waals surface area contributed by atoms with Crippen LogP contribution in [0.3, 0.4) is 0 Å². The van der Waals surface area contributed by atoms with Gasteiger partial charge in [-0.3, -0.25) is 9.59 Å². The third kappa shape index (κ3) is 2.87. The third-order valence-corrected chi connectivity index (χ3v) is 3.14. The van der Waals surface area contributed by atoms with Gasteiger partial charge in [0.2, 0.25) is 0 Å². The average Bonchev–Trinajstić information content (AvgIpc) is 2.62. The van der Waals surface area contributed by atoms with Crippen molar-refractivity contribution in [3.05, 3.63) is 24.0 Å². The van der Waals surface area contributed by atoms with Crippen molar-refractivity contribution in [3.8, 4) is 0 Å². The van der Waals surface area contributed by atoms with E-state index in [1.54, 1.807) is 18.3 Å². The lowest BCUT2D eigenvalue weighted by atomic mass is 9.85. The van der Waals surface area contributed by atoms with Crippen LogP contribution in [0.15, 0.2) is 18.3 Å². The number of amides is 1. The van der Waals surface area contributed by atoms with Gasteiger partial charge in [0.05, 0.1) is 0 Å². The molecule has 1 fully saturated rings.